The Hall–Kier alpha value is -1.56. The van der Waals surface area contributed by atoms with E-state index in [-0.39, 0.29) is 5.69 Å². The molecule has 2 heterocycles. The van der Waals surface area contributed by atoms with Gasteiger partial charge in [0.15, 0.2) is 5.69 Å². The monoisotopic (exact) mass is 280 g/mol. The Labute approximate surface area is 119 Å². The number of hydrogen-bond acceptors (Lipinski definition) is 5. The molecule has 0 spiro atoms. The number of carbonyl (C=O) groups is 1. The second-order valence-electron chi connectivity index (χ2n) is 5.22. The number of carbonyl (C=O) groups excluding carboxylic acids is 1. The van der Waals surface area contributed by atoms with Crippen LogP contribution >= 0.6 is 0 Å². The summed E-state index contributed by atoms with van der Waals surface area (Å²) >= 11 is 0. The maximum Gasteiger partial charge on any atom is 0.360 e. The molecule has 2 rings (SSSR count). The van der Waals surface area contributed by atoms with Crippen LogP contribution in [0, 0.1) is 0 Å². The van der Waals surface area contributed by atoms with Crippen LogP contribution < -0.4 is 5.73 Å². The molecule has 0 amide bonds. The highest BCUT2D eigenvalue weighted by Crippen LogP contribution is 2.22. The smallest absolute Gasteiger partial charge is 0.360 e. The second kappa shape index (κ2) is 6.26. The number of hydrogen-bond donors (Lipinski definition) is 1. The highest BCUT2D eigenvalue weighted by Gasteiger charge is 2.26. The van der Waals surface area contributed by atoms with Gasteiger partial charge in [-0.2, -0.15) is 0 Å². The summed E-state index contributed by atoms with van der Waals surface area (Å²) < 4.78 is 6.98. The Morgan fingerprint density at radius 3 is 2.80 bits per heavy atom. The van der Waals surface area contributed by atoms with E-state index in [4.69, 9.17) is 10.5 Å². The number of nitrogen functional groups attached to an aromatic ring is 1. The predicted molar refractivity (Wildman–Crippen MR) is 77.6 cm³/mol. The number of aryl methyl sites for hydroxylation is 1. The largest absolute Gasteiger partial charge is 0.461 e. The first-order valence-corrected chi connectivity index (χ1v) is 7.30. The maximum absolute atomic E-state index is 11.9. The third kappa shape index (κ3) is 2.80. The standard InChI is InChI=1S/C14H24N4O2/c1-4-11-16-12(14(19)20-5-2)13(15)18(11)9-10-7-6-8-17(10)3/h10H,4-9,15H2,1-3H3. The minimum absolute atomic E-state index is 0.254. The van der Waals surface area contributed by atoms with Crippen molar-refractivity contribution in [3.63, 3.8) is 0 Å². The molecule has 0 aromatic carbocycles. The SMILES string of the molecule is CCOC(=O)c1nc(CC)n(CC2CCCN2C)c1N. The van der Waals surface area contributed by atoms with Gasteiger partial charge in [-0.3, -0.25) is 0 Å². The molecule has 0 aliphatic carbocycles. The summed E-state index contributed by atoms with van der Waals surface area (Å²) in [5, 5.41) is 0. The third-order valence-electron chi connectivity index (χ3n) is 3.94. The van der Waals surface area contributed by atoms with Crippen molar-refractivity contribution >= 4 is 11.8 Å². The number of aromatic nitrogens is 2. The first-order chi connectivity index (χ1) is 9.58. The normalized spacial score (nSPS) is 19.4. The first-order valence-electron chi connectivity index (χ1n) is 7.30. The Balaban J connectivity index is 2.25. The summed E-state index contributed by atoms with van der Waals surface area (Å²) in [4.78, 5) is 18.6. The third-order valence-corrected chi connectivity index (χ3v) is 3.94. The molecule has 0 bridgehead atoms. The highest BCUT2D eigenvalue weighted by molar-refractivity contribution is 5.92. The lowest BCUT2D eigenvalue weighted by atomic mass is 10.2. The number of esters is 1. The fourth-order valence-corrected chi connectivity index (χ4v) is 2.76. The molecule has 112 valence electrons. The van der Waals surface area contributed by atoms with Crippen molar-refractivity contribution in [2.24, 2.45) is 0 Å². The van der Waals surface area contributed by atoms with Crippen LogP contribution in [0.25, 0.3) is 0 Å². The summed E-state index contributed by atoms with van der Waals surface area (Å²) in [6.07, 6.45) is 3.12. The van der Waals surface area contributed by atoms with E-state index in [9.17, 15) is 4.79 Å². The molecule has 20 heavy (non-hydrogen) atoms. The zero-order valence-electron chi connectivity index (χ0n) is 12.6. The van der Waals surface area contributed by atoms with Gasteiger partial charge in [-0.05, 0) is 33.4 Å². The number of likely N-dealkylation sites (N-methyl/N-ethyl adjacent to an activating group) is 1. The number of likely N-dealkylation sites (tertiary alicyclic amines) is 1. The van der Waals surface area contributed by atoms with Crippen LogP contribution in [0.5, 0.6) is 0 Å². The zero-order chi connectivity index (χ0) is 14.7. The lowest BCUT2D eigenvalue weighted by Gasteiger charge is -2.21. The van der Waals surface area contributed by atoms with Gasteiger partial charge < -0.3 is 19.9 Å². The second-order valence-corrected chi connectivity index (χ2v) is 5.22. The predicted octanol–water partition coefficient (Wildman–Crippen LogP) is 1.30. The van der Waals surface area contributed by atoms with E-state index in [2.05, 4.69) is 16.9 Å². The molecule has 6 heteroatoms. The number of anilines is 1. The molecule has 1 aliphatic rings. The molecule has 1 unspecified atom stereocenters. The van der Waals surface area contributed by atoms with Crippen molar-refractivity contribution in [1.29, 1.82) is 0 Å². The van der Waals surface area contributed by atoms with Gasteiger partial charge in [-0.15, -0.1) is 0 Å². The van der Waals surface area contributed by atoms with Gasteiger partial charge in [-0.1, -0.05) is 6.92 Å². The van der Waals surface area contributed by atoms with Crippen LogP contribution in [0.15, 0.2) is 0 Å². The Kier molecular flexibility index (Phi) is 4.65. The van der Waals surface area contributed by atoms with E-state index in [0.29, 0.717) is 18.5 Å². The van der Waals surface area contributed by atoms with Gasteiger partial charge >= 0.3 is 5.97 Å². The van der Waals surface area contributed by atoms with Crippen molar-refractivity contribution in [2.45, 2.75) is 45.7 Å². The van der Waals surface area contributed by atoms with Crippen LogP contribution in [0.1, 0.15) is 43.0 Å². The number of rotatable bonds is 5. The molecule has 0 saturated carbocycles. The van der Waals surface area contributed by atoms with Crippen molar-refractivity contribution in [1.82, 2.24) is 14.5 Å². The molecule has 0 radical (unpaired) electrons. The maximum atomic E-state index is 11.9. The number of nitrogens with zero attached hydrogens (tertiary/aromatic N) is 3. The summed E-state index contributed by atoms with van der Waals surface area (Å²) in [6, 6.07) is 0.465. The molecular weight excluding hydrogens is 256 g/mol. The molecule has 2 N–H and O–H groups in total. The van der Waals surface area contributed by atoms with Crippen molar-refractivity contribution in [2.75, 3.05) is 25.9 Å². The van der Waals surface area contributed by atoms with E-state index in [1.807, 2.05) is 11.5 Å². The minimum Gasteiger partial charge on any atom is -0.461 e. The summed E-state index contributed by atoms with van der Waals surface area (Å²) in [6.45, 7) is 6.03. The average Bonchev–Trinajstić information content (AvgIpc) is 2.96. The summed E-state index contributed by atoms with van der Waals surface area (Å²) in [7, 11) is 2.13. The van der Waals surface area contributed by atoms with Gasteiger partial charge in [0, 0.05) is 19.0 Å². The van der Waals surface area contributed by atoms with Crippen LogP contribution in [0.2, 0.25) is 0 Å². The molecule has 1 saturated heterocycles. The van der Waals surface area contributed by atoms with Gasteiger partial charge in [0.05, 0.1) is 6.61 Å². The highest BCUT2D eigenvalue weighted by atomic mass is 16.5. The van der Waals surface area contributed by atoms with Crippen LogP contribution in [-0.4, -0.2) is 46.7 Å². The molecule has 6 nitrogen and oxygen atoms in total. The molecule has 1 aliphatic heterocycles. The fraction of sp³-hybridized carbons (Fsp3) is 0.714. The van der Waals surface area contributed by atoms with E-state index in [1.54, 1.807) is 6.92 Å². The van der Waals surface area contributed by atoms with E-state index in [1.165, 1.54) is 6.42 Å². The average molecular weight is 280 g/mol. The summed E-state index contributed by atoms with van der Waals surface area (Å²) in [5.41, 5.74) is 6.37. The molecule has 1 atom stereocenters. The Bertz CT molecular complexity index is 484. The van der Waals surface area contributed by atoms with E-state index >= 15 is 0 Å². The van der Waals surface area contributed by atoms with E-state index in [0.717, 1.165) is 31.8 Å². The van der Waals surface area contributed by atoms with Crippen molar-refractivity contribution < 1.29 is 9.53 Å². The number of nitrogens with two attached hydrogens (primary N) is 1. The summed E-state index contributed by atoms with van der Waals surface area (Å²) in [5.74, 6) is 0.852. The lowest BCUT2D eigenvalue weighted by Crippen LogP contribution is -2.30. The topological polar surface area (TPSA) is 73.4 Å². The fourth-order valence-electron chi connectivity index (χ4n) is 2.76. The quantitative estimate of drug-likeness (QED) is 0.823. The molecule has 1 fully saturated rings. The molecule has 1 aromatic rings. The van der Waals surface area contributed by atoms with Gasteiger partial charge in [-0.25, -0.2) is 9.78 Å². The van der Waals surface area contributed by atoms with Gasteiger partial charge in [0.1, 0.15) is 11.6 Å². The van der Waals surface area contributed by atoms with Crippen LogP contribution in [-0.2, 0) is 17.7 Å². The lowest BCUT2D eigenvalue weighted by molar-refractivity contribution is 0.0521. The van der Waals surface area contributed by atoms with Gasteiger partial charge in [0.25, 0.3) is 0 Å². The van der Waals surface area contributed by atoms with Crippen molar-refractivity contribution in [3.8, 4) is 0 Å². The first kappa shape index (κ1) is 14.8. The van der Waals surface area contributed by atoms with Crippen LogP contribution in [0.4, 0.5) is 5.82 Å². The zero-order valence-corrected chi connectivity index (χ0v) is 12.6. The van der Waals surface area contributed by atoms with Crippen molar-refractivity contribution in [3.05, 3.63) is 11.5 Å². The minimum atomic E-state index is -0.432. The van der Waals surface area contributed by atoms with Gasteiger partial charge in [0.2, 0.25) is 0 Å². The number of imidazole rings is 1. The van der Waals surface area contributed by atoms with E-state index < -0.39 is 5.97 Å². The number of ether oxygens (including phenoxy) is 1. The molecular formula is C14H24N4O2. The van der Waals surface area contributed by atoms with Crippen LogP contribution in [0.3, 0.4) is 0 Å². The Morgan fingerprint density at radius 1 is 1.50 bits per heavy atom. The molecule has 1 aromatic heterocycles. The Morgan fingerprint density at radius 2 is 2.25 bits per heavy atom.